The molecular formula is C23H25ClN4O4. The summed E-state index contributed by atoms with van der Waals surface area (Å²) in [5, 5.41) is 21.8. The van der Waals surface area contributed by atoms with Gasteiger partial charge < -0.3 is 19.7 Å². The molecule has 3 rings (SSSR count). The molecule has 0 bridgehead atoms. The Morgan fingerprint density at radius 2 is 1.97 bits per heavy atom. The number of nitrogens with one attached hydrogen (secondary N) is 1. The van der Waals surface area contributed by atoms with Crippen molar-refractivity contribution in [3.63, 3.8) is 0 Å². The molecule has 2 amide bonds. The number of fused-ring (bicyclic) bond motifs is 1. The number of hydrogen-bond acceptors (Lipinski definition) is 5. The molecule has 168 valence electrons. The number of aryl methyl sites for hydroxylation is 1. The van der Waals surface area contributed by atoms with Crippen molar-refractivity contribution in [2.75, 3.05) is 13.7 Å². The highest BCUT2D eigenvalue weighted by molar-refractivity contribution is 6.33. The van der Waals surface area contributed by atoms with Gasteiger partial charge in [0.25, 0.3) is 11.8 Å². The molecule has 0 aliphatic rings. The van der Waals surface area contributed by atoms with Gasteiger partial charge in [-0.05, 0) is 42.7 Å². The van der Waals surface area contributed by atoms with E-state index in [1.807, 2.05) is 6.07 Å². The molecule has 0 fully saturated rings. The number of rotatable bonds is 8. The fourth-order valence-corrected chi connectivity index (χ4v) is 3.40. The van der Waals surface area contributed by atoms with Crippen molar-refractivity contribution in [2.45, 2.75) is 26.8 Å². The van der Waals surface area contributed by atoms with Crippen LogP contribution in [0.1, 0.15) is 30.6 Å². The average Bonchev–Trinajstić information content (AvgIpc) is 3.04. The van der Waals surface area contributed by atoms with Crippen LogP contribution >= 0.6 is 11.6 Å². The molecule has 9 heteroatoms. The van der Waals surface area contributed by atoms with Gasteiger partial charge >= 0.3 is 0 Å². The monoisotopic (exact) mass is 456 g/mol. The first kappa shape index (κ1) is 23.3. The van der Waals surface area contributed by atoms with Crippen molar-refractivity contribution in [1.29, 1.82) is 0 Å². The van der Waals surface area contributed by atoms with Gasteiger partial charge in [-0.25, -0.2) is 0 Å². The van der Waals surface area contributed by atoms with Crippen molar-refractivity contribution in [3.8, 4) is 11.6 Å². The molecule has 0 radical (unpaired) electrons. The van der Waals surface area contributed by atoms with E-state index in [2.05, 4.69) is 29.4 Å². The number of carbonyl (C=O) groups is 2. The number of halogens is 1. The quantitative estimate of drug-likeness (QED) is 0.460. The third kappa shape index (κ3) is 5.26. The van der Waals surface area contributed by atoms with E-state index in [4.69, 9.17) is 16.3 Å². The van der Waals surface area contributed by atoms with E-state index in [-0.39, 0.29) is 28.7 Å². The number of ether oxygens (including phenoxy) is 1. The molecule has 3 aromatic rings. The Morgan fingerprint density at radius 1 is 1.22 bits per heavy atom. The maximum Gasteiger partial charge on any atom is 0.283 e. The zero-order valence-corrected chi connectivity index (χ0v) is 18.9. The van der Waals surface area contributed by atoms with Crippen LogP contribution < -0.4 is 10.1 Å². The van der Waals surface area contributed by atoms with E-state index in [1.54, 1.807) is 48.1 Å². The fraction of sp³-hybridized carbons (Fsp3) is 0.304. The van der Waals surface area contributed by atoms with Crippen LogP contribution in [-0.2, 0) is 11.3 Å². The van der Waals surface area contributed by atoms with E-state index < -0.39 is 11.8 Å². The predicted molar refractivity (Wildman–Crippen MR) is 123 cm³/mol. The molecule has 0 saturated heterocycles. The van der Waals surface area contributed by atoms with Crippen molar-refractivity contribution >= 4 is 40.0 Å². The number of hydrogen-bond donors (Lipinski definition) is 2. The van der Waals surface area contributed by atoms with Crippen LogP contribution in [-0.4, -0.2) is 35.1 Å². The number of benzene rings is 2. The summed E-state index contributed by atoms with van der Waals surface area (Å²) in [6.45, 7) is 4.43. The summed E-state index contributed by atoms with van der Waals surface area (Å²) < 4.78 is 7.02. The highest BCUT2D eigenvalue weighted by Crippen LogP contribution is 2.40. The Hall–Kier alpha value is -3.39. The molecule has 0 saturated carbocycles. The summed E-state index contributed by atoms with van der Waals surface area (Å²) in [4.78, 5) is 24.4. The van der Waals surface area contributed by atoms with E-state index in [9.17, 15) is 14.7 Å². The first-order valence-corrected chi connectivity index (χ1v) is 10.6. The Bertz CT molecular complexity index is 1170. The summed E-state index contributed by atoms with van der Waals surface area (Å²) in [6, 6.07) is 11.9. The van der Waals surface area contributed by atoms with Gasteiger partial charge in [-0.1, -0.05) is 37.6 Å². The van der Waals surface area contributed by atoms with Crippen LogP contribution in [0.5, 0.6) is 11.6 Å². The van der Waals surface area contributed by atoms with Crippen molar-refractivity contribution in [1.82, 2.24) is 9.88 Å². The first-order valence-electron chi connectivity index (χ1n) is 10.2. The van der Waals surface area contributed by atoms with Crippen LogP contribution in [0.4, 0.5) is 5.69 Å². The second kappa shape index (κ2) is 10.3. The zero-order valence-electron chi connectivity index (χ0n) is 18.1. The molecular weight excluding hydrogens is 432 g/mol. The lowest BCUT2D eigenvalue weighted by molar-refractivity contribution is -0.117. The Labute approximate surface area is 190 Å². The van der Waals surface area contributed by atoms with E-state index in [0.717, 1.165) is 11.9 Å². The topological polar surface area (TPSA) is 105 Å². The minimum Gasteiger partial charge on any atom is -0.497 e. The molecule has 0 unspecified atom stereocenters. The third-order valence-electron chi connectivity index (χ3n) is 4.93. The number of aromatic nitrogens is 1. The lowest BCUT2D eigenvalue weighted by Crippen LogP contribution is -2.28. The summed E-state index contributed by atoms with van der Waals surface area (Å²) in [5.41, 5.74) is 1.20. The minimum atomic E-state index is -0.671. The number of aromatic hydroxyl groups is 1. The maximum atomic E-state index is 12.2. The van der Waals surface area contributed by atoms with Gasteiger partial charge in [0.15, 0.2) is 5.69 Å². The van der Waals surface area contributed by atoms with Crippen LogP contribution in [0.25, 0.3) is 10.9 Å². The van der Waals surface area contributed by atoms with E-state index in [0.29, 0.717) is 23.6 Å². The molecule has 2 aromatic carbocycles. The second-order valence-corrected chi connectivity index (χ2v) is 8.05. The summed E-state index contributed by atoms with van der Waals surface area (Å²) in [7, 11) is 1.54. The van der Waals surface area contributed by atoms with Gasteiger partial charge in [0.1, 0.15) is 12.3 Å². The second-order valence-electron chi connectivity index (χ2n) is 7.65. The molecule has 1 heterocycles. The normalized spacial score (nSPS) is 11.4. The van der Waals surface area contributed by atoms with Crippen LogP contribution in [0.3, 0.4) is 0 Å². The molecule has 1 aromatic heterocycles. The number of methoxy groups -OCH3 is 1. The number of azo groups is 1. The summed E-state index contributed by atoms with van der Waals surface area (Å²) >= 11 is 5.99. The Kier molecular flexibility index (Phi) is 7.48. The smallest absolute Gasteiger partial charge is 0.283 e. The summed E-state index contributed by atoms with van der Waals surface area (Å²) in [6.07, 6.45) is 0.854. The standard InChI is InChI=1S/C23H25ClN4O4/c1-14(2)10-11-28-19-9-8-15(32-3)12-17(19)21(23(28)31)27-26-20(29)13-25-22(30)16-6-4-5-7-18(16)24/h4-9,12,14,31H,10-11,13H2,1-3H3,(H,25,30). The minimum absolute atomic E-state index is 0.0782. The largest absolute Gasteiger partial charge is 0.497 e. The van der Waals surface area contributed by atoms with Crippen LogP contribution in [0, 0.1) is 5.92 Å². The predicted octanol–water partition coefficient (Wildman–Crippen LogP) is 5.10. The van der Waals surface area contributed by atoms with E-state index in [1.165, 1.54) is 0 Å². The van der Waals surface area contributed by atoms with Crippen LogP contribution in [0.2, 0.25) is 5.02 Å². The average molecular weight is 457 g/mol. The molecule has 0 spiro atoms. The van der Waals surface area contributed by atoms with Crippen molar-refractivity contribution in [3.05, 3.63) is 53.1 Å². The third-order valence-corrected chi connectivity index (χ3v) is 5.26. The van der Waals surface area contributed by atoms with E-state index >= 15 is 0 Å². The van der Waals surface area contributed by atoms with Gasteiger partial charge in [-0.15, -0.1) is 10.2 Å². The zero-order chi connectivity index (χ0) is 23.3. The van der Waals surface area contributed by atoms with Gasteiger partial charge in [0, 0.05) is 11.9 Å². The summed E-state index contributed by atoms with van der Waals surface area (Å²) in [5.74, 6) is -0.204. The number of carbonyl (C=O) groups excluding carboxylic acids is 2. The lowest BCUT2D eigenvalue weighted by atomic mass is 10.1. The highest BCUT2D eigenvalue weighted by atomic mass is 35.5. The van der Waals surface area contributed by atoms with Crippen molar-refractivity contribution in [2.24, 2.45) is 16.1 Å². The Balaban J connectivity index is 1.80. The molecule has 2 N–H and O–H groups in total. The molecule has 0 atom stereocenters. The van der Waals surface area contributed by atoms with Gasteiger partial charge in [-0.2, -0.15) is 0 Å². The van der Waals surface area contributed by atoms with Gasteiger partial charge in [-0.3, -0.25) is 9.59 Å². The Morgan fingerprint density at radius 3 is 2.66 bits per heavy atom. The number of nitrogens with zero attached hydrogens (tertiary/aromatic N) is 3. The fourth-order valence-electron chi connectivity index (χ4n) is 3.18. The van der Waals surface area contributed by atoms with Crippen LogP contribution in [0.15, 0.2) is 52.7 Å². The SMILES string of the molecule is COc1ccc2c(c1)c(N=NC(=O)CNC(=O)c1ccccc1Cl)c(O)n2CCC(C)C. The number of amides is 2. The first-order chi connectivity index (χ1) is 15.3. The maximum absolute atomic E-state index is 12.2. The van der Waals surface area contributed by atoms with Crippen molar-refractivity contribution < 1.29 is 19.4 Å². The molecule has 0 aliphatic heterocycles. The molecule has 32 heavy (non-hydrogen) atoms. The lowest BCUT2D eigenvalue weighted by Gasteiger charge is -2.09. The molecule has 8 nitrogen and oxygen atoms in total. The van der Waals surface area contributed by atoms with Gasteiger partial charge in [0.2, 0.25) is 5.88 Å². The highest BCUT2D eigenvalue weighted by Gasteiger charge is 2.18. The van der Waals surface area contributed by atoms with Gasteiger partial charge in [0.05, 0.1) is 23.2 Å². The molecule has 0 aliphatic carbocycles.